The standard InChI is InChI=1S/C17H36N4.HI/c1-5-6-7-8-11-19-17(18-4)20-13-16-10-9-12-21(14-16)15(2)3;/h15-16H,5-14H2,1-4H3,(H2,18,19,20);1H. The molecule has 2 N–H and O–H groups in total. The van der Waals surface area contributed by atoms with Crippen molar-refractivity contribution in [2.45, 2.75) is 65.3 Å². The van der Waals surface area contributed by atoms with Crippen LogP contribution in [0.2, 0.25) is 0 Å². The van der Waals surface area contributed by atoms with Crippen LogP contribution in [0.4, 0.5) is 0 Å². The second-order valence-corrected chi connectivity index (χ2v) is 6.54. The van der Waals surface area contributed by atoms with Gasteiger partial charge >= 0.3 is 0 Å². The Morgan fingerprint density at radius 1 is 1.23 bits per heavy atom. The van der Waals surface area contributed by atoms with Crippen LogP contribution in [0.5, 0.6) is 0 Å². The van der Waals surface area contributed by atoms with E-state index < -0.39 is 0 Å². The van der Waals surface area contributed by atoms with E-state index in [2.05, 4.69) is 41.3 Å². The quantitative estimate of drug-likeness (QED) is 0.271. The SMILES string of the molecule is CCCCCCNC(=NC)NCC1CCCN(C(C)C)C1.I. The number of rotatable bonds is 8. The molecule has 0 aromatic carbocycles. The van der Waals surface area contributed by atoms with E-state index in [-0.39, 0.29) is 24.0 Å². The van der Waals surface area contributed by atoms with Gasteiger partial charge in [0.1, 0.15) is 0 Å². The molecule has 4 nitrogen and oxygen atoms in total. The maximum atomic E-state index is 4.33. The Balaban J connectivity index is 0.00000441. The van der Waals surface area contributed by atoms with E-state index in [0.717, 1.165) is 25.0 Å². The highest BCUT2D eigenvalue weighted by molar-refractivity contribution is 14.0. The predicted octanol–water partition coefficient (Wildman–Crippen LogP) is 3.47. The summed E-state index contributed by atoms with van der Waals surface area (Å²) < 4.78 is 0. The molecule has 5 heteroatoms. The van der Waals surface area contributed by atoms with E-state index in [4.69, 9.17) is 0 Å². The fourth-order valence-electron chi connectivity index (χ4n) is 2.95. The van der Waals surface area contributed by atoms with Crippen molar-refractivity contribution in [2.24, 2.45) is 10.9 Å². The number of aliphatic imine (C=N–C) groups is 1. The van der Waals surface area contributed by atoms with Gasteiger partial charge in [-0.1, -0.05) is 26.2 Å². The summed E-state index contributed by atoms with van der Waals surface area (Å²) >= 11 is 0. The van der Waals surface area contributed by atoms with Gasteiger partial charge in [0.15, 0.2) is 5.96 Å². The van der Waals surface area contributed by atoms with Gasteiger partial charge in [-0.3, -0.25) is 4.99 Å². The van der Waals surface area contributed by atoms with Crippen LogP contribution >= 0.6 is 24.0 Å². The average Bonchev–Trinajstić information content (AvgIpc) is 2.50. The molecule has 0 bridgehead atoms. The van der Waals surface area contributed by atoms with Crippen LogP contribution in [0, 0.1) is 5.92 Å². The summed E-state index contributed by atoms with van der Waals surface area (Å²) in [5.41, 5.74) is 0. The van der Waals surface area contributed by atoms with E-state index in [1.807, 2.05) is 7.05 Å². The monoisotopic (exact) mass is 424 g/mol. The number of nitrogens with zero attached hydrogens (tertiary/aromatic N) is 2. The fraction of sp³-hybridized carbons (Fsp3) is 0.941. The molecular formula is C17H37IN4. The van der Waals surface area contributed by atoms with Gasteiger partial charge in [0.05, 0.1) is 0 Å². The summed E-state index contributed by atoms with van der Waals surface area (Å²) in [6.07, 6.45) is 7.84. The number of guanidine groups is 1. The van der Waals surface area contributed by atoms with Crippen LogP contribution < -0.4 is 10.6 Å². The predicted molar refractivity (Wildman–Crippen MR) is 108 cm³/mol. The third-order valence-electron chi connectivity index (χ3n) is 4.39. The first-order valence-electron chi connectivity index (χ1n) is 8.86. The van der Waals surface area contributed by atoms with E-state index in [9.17, 15) is 0 Å². The molecule has 0 saturated carbocycles. The van der Waals surface area contributed by atoms with E-state index in [0.29, 0.717) is 6.04 Å². The van der Waals surface area contributed by atoms with Crippen molar-refractivity contribution in [3.8, 4) is 0 Å². The Hall–Kier alpha value is -0.0400. The van der Waals surface area contributed by atoms with Crippen molar-refractivity contribution >= 4 is 29.9 Å². The summed E-state index contributed by atoms with van der Waals surface area (Å²) in [6, 6.07) is 0.670. The Labute approximate surface area is 154 Å². The lowest BCUT2D eigenvalue weighted by Crippen LogP contribution is -2.46. The van der Waals surface area contributed by atoms with E-state index >= 15 is 0 Å². The summed E-state index contributed by atoms with van der Waals surface area (Å²) in [4.78, 5) is 6.92. The highest BCUT2D eigenvalue weighted by Gasteiger charge is 2.21. The van der Waals surface area contributed by atoms with Gasteiger partial charge < -0.3 is 15.5 Å². The maximum Gasteiger partial charge on any atom is 0.190 e. The zero-order chi connectivity index (χ0) is 15.5. The van der Waals surface area contributed by atoms with Gasteiger partial charge in [-0.05, 0) is 45.6 Å². The van der Waals surface area contributed by atoms with Crippen molar-refractivity contribution in [2.75, 3.05) is 33.2 Å². The minimum atomic E-state index is 0. The molecule has 0 aromatic rings. The van der Waals surface area contributed by atoms with Gasteiger partial charge in [-0.25, -0.2) is 0 Å². The van der Waals surface area contributed by atoms with Gasteiger partial charge in [-0.2, -0.15) is 0 Å². The molecule has 0 aromatic heterocycles. The molecule has 132 valence electrons. The number of likely N-dealkylation sites (tertiary alicyclic amines) is 1. The normalized spacial score (nSPS) is 19.9. The fourth-order valence-corrected chi connectivity index (χ4v) is 2.95. The molecule has 1 saturated heterocycles. The van der Waals surface area contributed by atoms with Gasteiger partial charge in [-0.15, -0.1) is 24.0 Å². The smallest absolute Gasteiger partial charge is 0.190 e. The number of unbranched alkanes of at least 4 members (excludes halogenated alkanes) is 3. The number of piperidine rings is 1. The second kappa shape index (κ2) is 13.4. The molecule has 1 fully saturated rings. The Bertz CT molecular complexity index is 294. The molecule has 1 rings (SSSR count). The summed E-state index contributed by atoms with van der Waals surface area (Å²) in [5.74, 6) is 1.72. The molecule has 0 radical (unpaired) electrons. The Morgan fingerprint density at radius 2 is 2.00 bits per heavy atom. The molecule has 0 spiro atoms. The average molecular weight is 424 g/mol. The summed E-state index contributed by atoms with van der Waals surface area (Å²) in [7, 11) is 1.86. The molecule has 1 unspecified atom stereocenters. The minimum absolute atomic E-state index is 0. The van der Waals surface area contributed by atoms with Crippen molar-refractivity contribution in [1.82, 2.24) is 15.5 Å². The lowest BCUT2D eigenvalue weighted by molar-refractivity contribution is 0.141. The third-order valence-corrected chi connectivity index (χ3v) is 4.39. The largest absolute Gasteiger partial charge is 0.356 e. The number of hydrogen-bond donors (Lipinski definition) is 2. The zero-order valence-electron chi connectivity index (χ0n) is 15.0. The van der Waals surface area contributed by atoms with Crippen LogP contribution in [0.15, 0.2) is 4.99 Å². The van der Waals surface area contributed by atoms with E-state index in [1.54, 1.807) is 0 Å². The van der Waals surface area contributed by atoms with Crippen molar-refractivity contribution in [3.05, 3.63) is 0 Å². The number of nitrogens with one attached hydrogen (secondary N) is 2. The van der Waals surface area contributed by atoms with Crippen LogP contribution in [-0.4, -0.2) is 50.1 Å². The van der Waals surface area contributed by atoms with Crippen LogP contribution in [0.1, 0.15) is 59.3 Å². The topological polar surface area (TPSA) is 39.7 Å². The molecule has 0 aliphatic carbocycles. The van der Waals surface area contributed by atoms with Gasteiger partial charge in [0, 0.05) is 32.7 Å². The lowest BCUT2D eigenvalue weighted by Gasteiger charge is -2.35. The van der Waals surface area contributed by atoms with Crippen molar-refractivity contribution in [1.29, 1.82) is 0 Å². The van der Waals surface area contributed by atoms with Crippen molar-refractivity contribution < 1.29 is 0 Å². The van der Waals surface area contributed by atoms with Crippen LogP contribution in [-0.2, 0) is 0 Å². The van der Waals surface area contributed by atoms with Crippen molar-refractivity contribution in [3.63, 3.8) is 0 Å². The Morgan fingerprint density at radius 3 is 2.64 bits per heavy atom. The zero-order valence-corrected chi connectivity index (χ0v) is 17.4. The minimum Gasteiger partial charge on any atom is -0.356 e. The lowest BCUT2D eigenvalue weighted by atomic mass is 9.97. The van der Waals surface area contributed by atoms with Crippen LogP contribution in [0.25, 0.3) is 0 Å². The first-order valence-corrected chi connectivity index (χ1v) is 8.86. The number of hydrogen-bond acceptors (Lipinski definition) is 2. The van der Waals surface area contributed by atoms with Crippen LogP contribution in [0.3, 0.4) is 0 Å². The first-order chi connectivity index (χ1) is 10.2. The Kier molecular flexibility index (Phi) is 13.4. The third kappa shape index (κ3) is 9.18. The molecular weight excluding hydrogens is 387 g/mol. The highest BCUT2D eigenvalue weighted by Crippen LogP contribution is 2.17. The first kappa shape index (κ1) is 22.0. The molecule has 22 heavy (non-hydrogen) atoms. The van der Waals surface area contributed by atoms with Gasteiger partial charge in [0.25, 0.3) is 0 Å². The highest BCUT2D eigenvalue weighted by atomic mass is 127. The maximum absolute atomic E-state index is 4.33. The molecule has 0 amide bonds. The second-order valence-electron chi connectivity index (χ2n) is 6.54. The molecule has 1 atom stereocenters. The molecule has 1 heterocycles. The van der Waals surface area contributed by atoms with Gasteiger partial charge in [0.2, 0.25) is 0 Å². The summed E-state index contributed by atoms with van der Waals surface area (Å²) in [5, 5.41) is 6.93. The summed E-state index contributed by atoms with van der Waals surface area (Å²) in [6.45, 7) is 11.4. The van der Waals surface area contributed by atoms with E-state index in [1.165, 1.54) is 51.6 Å². The molecule has 1 aliphatic heterocycles. The number of halogens is 1. The molecule has 1 aliphatic rings.